The number of carbonyl (C=O) groups excluding carboxylic acids is 1. The molecule has 7 heteroatoms. The molecule has 0 radical (unpaired) electrons. The number of nitrogens with one attached hydrogen (secondary N) is 1. The Bertz CT molecular complexity index is 1260. The molecule has 0 bridgehead atoms. The molecular formula is C31H41ClN2O4. The number of carboxylic acids is 1. The van der Waals surface area contributed by atoms with E-state index in [1.807, 2.05) is 11.6 Å². The number of benzene rings is 1. The molecule has 3 fully saturated rings. The van der Waals surface area contributed by atoms with Gasteiger partial charge in [0.1, 0.15) is 5.69 Å². The predicted molar refractivity (Wildman–Crippen MR) is 150 cm³/mol. The fraction of sp³-hybridized carbons (Fsp3) is 0.613. The number of carboxylic acid groups (broad SMARTS) is 1. The van der Waals surface area contributed by atoms with Crippen LogP contribution in [-0.4, -0.2) is 34.7 Å². The van der Waals surface area contributed by atoms with Crippen LogP contribution < -0.4 is 5.32 Å². The molecule has 3 aliphatic rings. The maximum atomic E-state index is 13.5. The van der Waals surface area contributed by atoms with Gasteiger partial charge < -0.3 is 19.7 Å². The SMILES string of the molecule is COC(C)(C)c1cc(-c2c(Cl)c(C(=O)N[C@H]3C[C@H](C(=O)O)C3)n(C)c2CC2CC(C)C2)cc(C2(C)CC2)c1. The van der Waals surface area contributed by atoms with Crippen LogP contribution in [0, 0.1) is 17.8 Å². The lowest BCUT2D eigenvalue weighted by atomic mass is 9.73. The third kappa shape index (κ3) is 4.90. The van der Waals surface area contributed by atoms with Crippen molar-refractivity contribution in [3.8, 4) is 11.1 Å². The van der Waals surface area contributed by atoms with Crippen LogP contribution in [0.3, 0.4) is 0 Å². The summed E-state index contributed by atoms with van der Waals surface area (Å²) in [4.78, 5) is 24.7. The monoisotopic (exact) mass is 540 g/mol. The molecule has 3 saturated carbocycles. The van der Waals surface area contributed by atoms with Gasteiger partial charge in [0.15, 0.2) is 0 Å². The summed E-state index contributed by atoms with van der Waals surface area (Å²) < 4.78 is 7.86. The van der Waals surface area contributed by atoms with E-state index >= 15 is 0 Å². The average molecular weight is 541 g/mol. The van der Waals surface area contributed by atoms with Crippen molar-refractivity contribution in [3.63, 3.8) is 0 Å². The van der Waals surface area contributed by atoms with Crippen LogP contribution in [0.25, 0.3) is 11.1 Å². The molecule has 1 amide bonds. The van der Waals surface area contributed by atoms with Crippen molar-refractivity contribution in [2.75, 3.05) is 7.11 Å². The summed E-state index contributed by atoms with van der Waals surface area (Å²) in [5.74, 6) is -0.111. The standard InChI is InChI=1S/C31H41ClN2O4/c1-17-9-18(10-17)11-24-25(19-12-21(30(2,3)38-6)16-22(13-19)31(4)7-8-31)26(32)27(34(24)5)28(35)33-23-14-20(15-23)29(36)37/h12-13,16-18,20,23H,7-11,14-15H2,1-6H3,(H,33,35)(H,36,37)/t17?,18?,20-,23-. The number of aliphatic carboxylic acids is 1. The van der Waals surface area contributed by atoms with Gasteiger partial charge in [0.25, 0.3) is 5.91 Å². The molecule has 1 aromatic heterocycles. The summed E-state index contributed by atoms with van der Waals surface area (Å²) in [6.45, 7) is 8.75. The zero-order valence-electron chi connectivity index (χ0n) is 23.5. The Morgan fingerprint density at radius 1 is 1.18 bits per heavy atom. The molecule has 1 aromatic carbocycles. The average Bonchev–Trinajstić information content (AvgIpc) is 3.52. The fourth-order valence-electron chi connectivity index (χ4n) is 6.24. The largest absolute Gasteiger partial charge is 0.481 e. The van der Waals surface area contributed by atoms with E-state index in [2.05, 4.69) is 51.2 Å². The Balaban J connectivity index is 1.57. The second kappa shape index (κ2) is 9.71. The smallest absolute Gasteiger partial charge is 0.306 e. The predicted octanol–water partition coefficient (Wildman–Crippen LogP) is 6.46. The van der Waals surface area contributed by atoms with Crippen LogP contribution in [0.4, 0.5) is 0 Å². The van der Waals surface area contributed by atoms with Gasteiger partial charge in [-0.15, -0.1) is 0 Å². The first-order valence-corrected chi connectivity index (χ1v) is 14.3. The summed E-state index contributed by atoms with van der Waals surface area (Å²) >= 11 is 7.14. The Morgan fingerprint density at radius 2 is 1.84 bits per heavy atom. The quantitative estimate of drug-likeness (QED) is 0.382. The van der Waals surface area contributed by atoms with E-state index in [0.29, 0.717) is 29.5 Å². The van der Waals surface area contributed by atoms with Gasteiger partial charge in [-0.25, -0.2) is 0 Å². The minimum atomic E-state index is -0.800. The third-order valence-electron chi connectivity index (χ3n) is 9.57. The summed E-state index contributed by atoms with van der Waals surface area (Å²) in [6, 6.07) is 6.58. The Morgan fingerprint density at radius 3 is 2.39 bits per heavy atom. The van der Waals surface area contributed by atoms with Crippen molar-refractivity contribution in [1.82, 2.24) is 9.88 Å². The van der Waals surface area contributed by atoms with Crippen molar-refractivity contribution in [3.05, 3.63) is 45.7 Å². The number of nitrogens with zero attached hydrogens (tertiary/aromatic N) is 1. The van der Waals surface area contributed by atoms with E-state index in [1.54, 1.807) is 7.11 Å². The number of carbonyl (C=O) groups is 2. The first kappa shape index (κ1) is 27.3. The molecule has 206 valence electrons. The van der Waals surface area contributed by atoms with E-state index in [0.717, 1.165) is 47.6 Å². The lowest BCUT2D eigenvalue weighted by Gasteiger charge is -2.33. The highest BCUT2D eigenvalue weighted by atomic mass is 35.5. The van der Waals surface area contributed by atoms with Crippen LogP contribution in [-0.2, 0) is 34.0 Å². The molecule has 0 saturated heterocycles. The number of aromatic nitrogens is 1. The molecule has 6 nitrogen and oxygen atoms in total. The lowest BCUT2D eigenvalue weighted by molar-refractivity contribution is -0.145. The van der Waals surface area contributed by atoms with Gasteiger partial charge in [-0.3, -0.25) is 9.59 Å². The van der Waals surface area contributed by atoms with Crippen LogP contribution >= 0.6 is 11.6 Å². The molecule has 3 aliphatic carbocycles. The number of ether oxygens (including phenoxy) is 1. The first-order chi connectivity index (χ1) is 17.8. The Labute approximate surface area is 231 Å². The number of rotatable bonds is 9. The maximum Gasteiger partial charge on any atom is 0.306 e. The maximum absolute atomic E-state index is 13.5. The molecule has 0 atom stereocenters. The highest BCUT2D eigenvalue weighted by molar-refractivity contribution is 6.36. The van der Waals surface area contributed by atoms with Crippen molar-refractivity contribution in [2.24, 2.45) is 24.8 Å². The molecule has 0 unspecified atom stereocenters. The molecule has 1 heterocycles. The van der Waals surface area contributed by atoms with Crippen molar-refractivity contribution < 1.29 is 19.4 Å². The highest BCUT2D eigenvalue weighted by Gasteiger charge is 2.41. The van der Waals surface area contributed by atoms with Gasteiger partial charge >= 0.3 is 5.97 Å². The van der Waals surface area contributed by atoms with Gasteiger partial charge in [-0.1, -0.05) is 37.6 Å². The molecule has 38 heavy (non-hydrogen) atoms. The van der Waals surface area contributed by atoms with Crippen LogP contribution in [0.5, 0.6) is 0 Å². The van der Waals surface area contributed by atoms with Crippen LogP contribution in [0.2, 0.25) is 5.02 Å². The van der Waals surface area contributed by atoms with Crippen molar-refractivity contribution in [1.29, 1.82) is 0 Å². The Kier molecular flexibility index (Phi) is 6.96. The van der Waals surface area contributed by atoms with Crippen molar-refractivity contribution in [2.45, 2.75) is 89.7 Å². The lowest BCUT2D eigenvalue weighted by Crippen LogP contribution is -2.47. The topological polar surface area (TPSA) is 80.6 Å². The molecule has 5 rings (SSSR count). The number of hydrogen-bond donors (Lipinski definition) is 2. The third-order valence-corrected chi connectivity index (χ3v) is 9.94. The summed E-state index contributed by atoms with van der Waals surface area (Å²) in [6.07, 6.45) is 6.47. The van der Waals surface area contributed by atoms with Crippen LogP contribution in [0.15, 0.2) is 18.2 Å². The summed E-state index contributed by atoms with van der Waals surface area (Å²) in [5, 5.41) is 12.7. The highest BCUT2D eigenvalue weighted by Crippen LogP contribution is 2.50. The summed E-state index contributed by atoms with van der Waals surface area (Å²) in [7, 11) is 3.68. The number of amides is 1. The minimum Gasteiger partial charge on any atom is -0.481 e. The molecule has 2 N–H and O–H groups in total. The Hall–Kier alpha value is -2.31. The van der Waals surface area contributed by atoms with E-state index in [-0.39, 0.29) is 23.3 Å². The van der Waals surface area contributed by atoms with E-state index in [1.165, 1.54) is 18.4 Å². The summed E-state index contributed by atoms with van der Waals surface area (Å²) in [5.41, 5.74) is 5.60. The van der Waals surface area contributed by atoms with Gasteiger partial charge in [0, 0.05) is 31.5 Å². The molecule has 0 spiro atoms. The molecule has 0 aliphatic heterocycles. The van der Waals surface area contributed by atoms with E-state index in [9.17, 15) is 14.7 Å². The van der Waals surface area contributed by atoms with Gasteiger partial charge in [-0.2, -0.15) is 0 Å². The van der Waals surface area contributed by atoms with E-state index < -0.39 is 11.6 Å². The second-order valence-electron chi connectivity index (χ2n) is 12.9. The van der Waals surface area contributed by atoms with E-state index in [4.69, 9.17) is 16.3 Å². The number of halogens is 1. The second-order valence-corrected chi connectivity index (χ2v) is 13.3. The fourth-order valence-corrected chi connectivity index (χ4v) is 6.67. The zero-order valence-corrected chi connectivity index (χ0v) is 24.2. The van der Waals surface area contributed by atoms with Gasteiger partial charge in [0.2, 0.25) is 0 Å². The van der Waals surface area contributed by atoms with Gasteiger partial charge in [-0.05, 0) is 98.8 Å². The molecular weight excluding hydrogens is 500 g/mol. The van der Waals surface area contributed by atoms with Crippen LogP contribution in [0.1, 0.15) is 93.5 Å². The minimum absolute atomic E-state index is 0.138. The zero-order chi connectivity index (χ0) is 27.6. The van der Waals surface area contributed by atoms with Crippen molar-refractivity contribution >= 4 is 23.5 Å². The van der Waals surface area contributed by atoms with Gasteiger partial charge in [0.05, 0.1) is 16.5 Å². The normalized spacial score (nSPS) is 25.9. The number of methoxy groups -OCH3 is 1. The molecule has 2 aromatic rings. The number of hydrogen-bond acceptors (Lipinski definition) is 3. The first-order valence-electron chi connectivity index (χ1n) is 13.9.